The molecule has 2 N–H and O–H groups in total. The van der Waals surface area contributed by atoms with Crippen molar-refractivity contribution in [3.8, 4) is 11.8 Å². The first-order valence-electron chi connectivity index (χ1n) is 11.8. The van der Waals surface area contributed by atoms with Crippen molar-refractivity contribution in [2.24, 2.45) is 0 Å². The highest BCUT2D eigenvalue weighted by Crippen LogP contribution is 2.30. The zero-order valence-electron chi connectivity index (χ0n) is 21.2. The van der Waals surface area contributed by atoms with Gasteiger partial charge in [-0.3, -0.25) is 14.5 Å². The summed E-state index contributed by atoms with van der Waals surface area (Å²) in [5.74, 6) is 6.32. The number of benzene rings is 2. The van der Waals surface area contributed by atoms with E-state index < -0.39 is 21.4 Å². The largest absolute Gasteiger partial charge is 0.340 e. The van der Waals surface area contributed by atoms with Gasteiger partial charge in [0, 0.05) is 37.3 Å². The molecule has 0 saturated carbocycles. The lowest BCUT2D eigenvalue weighted by atomic mass is 10.0. The maximum atomic E-state index is 13.6. The van der Waals surface area contributed by atoms with Crippen molar-refractivity contribution in [2.45, 2.75) is 19.4 Å². The number of hydrogen-bond donors (Lipinski definition) is 2. The number of fused-ring (bicyclic) bond motifs is 1. The molecule has 0 atom stereocenters. The number of sulfonamides is 1. The SMILES string of the molecule is [C-]#[N+]CN1CCN(C(C)(C)C#Cc2cc3ncnc(Nc4ccc(F)c(Cl)c4)c3cc2NS(C)(=O)=O)CC1. The minimum Gasteiger partial charge on any atom is -0.340 e. The Morgan fingerprint density at radius 1 is 1.18 bits per heavy atom. The van der Waals surface area contributed by atoms with Crippen LogP contribution in [0.4, 0.5) is 21.6 Å². The molecule has 1 aliphatic heterocycles. The number of rotatable bonds is 6. The number of halogens is 2. The van der Waals surface area contributed by atoms with Gasteiger partial charge in [-0.15, -0.1) is 0 Å². The smallest absolute Gasteiger partial charge is 0.270 e. The molecule has 1 aromatic heterocycles. The molecule has 3 aromatic rings. The summed E-state index contributed by atoms with van der Waals surface area (Å²) in [5.41, 5.74) is 1.33. The first kappa shape index (κ1) is 27.6. The molecular weight excluding hydrogens is 529 g/mol. The van der Waals surface area contributed by atoms with Gasteiger partial charge in [-0.05, 0) is 44.2 Å². The summed E-state index contributed by atoms with van der Waals surface area (Å²) in [5, 5.41) is 3.59. The van der Waals surface area contributed by atoms with E-state index in [-0.39, 0.29) is 5.02 Å². The Morgan fingerprint density at radius 2 is 1.92 bits per heavy atom. The topological polar surface area (TPSA) is 94.8 Å². The molecule has 198 valence electrons. The summed E-state index contributed by atoms with van der Waals surface area (Å²) < 4.78 is 40.5. The second-order valence-corrected chi connectivity index (χ2v) is 11.6. The maximum Gasteiger partial charge on any atom is 0.270 e. The average Bonchev–Trinajstić information content (AvgIpc) is 2.85. The van der Waals surface area contributed by atoms with Crippen LogP contribution in [0.2, 0.25) is 5.02 Å². The van der Waals surface area contributed by atoms with Crippen LogP contribution in [0.25, 0.3) is 15.7 Å². The lowest BCUT2D eigenvalue weighted by molar-refractivity contribution is 0.0870. The maximum absolute atomic E-state index is 13.6. The number of anilines is 3. The van der Waals surface area contributed by atoms with E-state index in [9.17, 15) is 12.8 Å². The monoisotopic (exact) mass is 555 g/mol. The van der Waals surface area contributed by atoms with Crippen molar-refractivity contribution in [1.82, 2.24) is 19.8 Å². The second-order valence-electron chi connectivity index (χ2n) is 9.48. The van der Waals surface area contributed by atoms with Crippen molar-refractivity contribution in [3.63, 3.8) is 0 Å². The van der Waals surface area contributed by atoms with E-state index in [0.29, 0.717) is 40.3 Å². The molecule has 0 bridgehead atoms. The molecule has 1 aliphatic rings. The summed E-state index contributed by atoms with van der Waals surface area (Å²) in [6, 6.07) is 7.54. The molecule has 2 aromatic carbocycles. The Kier molecular flexibility index (Phi) is 8.05. The zero-order chi connectivity index (χ0) is 27.5. The molecule has 0 amide bonds. The van der Waals surface area contributed by atoms with Crippen LogP contribution in [0.15, 0.2) is 36.7 Å². The first-order valence-corrected chi connectivity index (χ1v) is 14.0. The fourth-order valence-corrected chi connectivity index (χ4v) is 4.90. The number of nitrogens with zero attached hydrogens (tertiary/aromatic N) is 5. The third-order valence-electron chi connectivity index (χ3n) is 6.19. The highest BCUT2D eigenvalue weighted by atomic mass is 35.5. The predicted molar refractivity (Wildman–Crippen MR) is 148 cm³/mol. The van der Waals surface area contributed by atoms with Crippen molar-refractivity contribution < 1.29 is 12.8 Å². The van der Waals surface area contributed by atoms with Crippen LogP contribution < -0.4 is 10.0 Å². The van der Waals surface area contributed by atoms with E-state index in [0.717, 1.165) is 32.4 Å². The quantitative estimate of drug-likeness (QED) is 0.348. The van der Waals surface area contributed by atoms with Gasteiger partial charge in [0.1, 0.15) is 18.0 Å². The van der Waals surface area contributed by atoms with Crippen LogP contribution in [-0.4, -0.2) is 72.8 Å². The van der Waals surface area contributed by atoms with E-state index in [2.05, 4.69) is 46.5 Å². The van der Waals surface area contributed by atoms with Gasteiger partial charge >= 0.3 is 0 Å². The van der Waals surface area contributed by atoms with Crippen LogP contribution in [-0.2, 0) is 10.0 Å². The lowest BCUT2D eigenvalue weighted by Gasteiger charge is -2.40. The van der Waals surface area contributed by atoms with Gasteiger partial charge in [0.25, 0.3) is 6.67 Å². The Labute approximate surface area is 226 Å². The Hall–Kier alpha value is -3.48. The average molecular weight is 556 g/mol. The van der Waals surface area contributed by atoms with Gasteiger partial charge in [0.05, 0.1) is 33.6 Å². The molecule has 1 saturated heterocycles. The molecule has 1 fully saturated rings. The van der Waals surface area contributed by atoms with Gasteiger partial charge in [-0.2, -0.15) is 0 Å². The summed E-state index contributed by atoms with van der Waals surface area (Å²) in [6.45, 7) is 14.6. The van der Waals surface area contributed by atoms with Gasteiger partial charge in [0.2, 0.25) is 10.0 Å². The highest BCUT2D eigenvalue weighted by molar-refractivity contribution is 7.92. The lowest BCUT2D eigenvalue weighted by Crippen LogP contribution is -2.53. The molecular formula is C26H27ClFN7O2S. The highest BCUT2D eigenvalue weighted by Gasteiger charge is 2.29. The Balaban J connectivity index is 1.70. The van der Waals surface area contributed by atoms with Gasteiger partial charge in [-0.25, -0.2) is 34.2 Å². The summed E-state index contributed by atoms with van der Waals surface area (Å²) in [4.78, 5) is 16.5. The molecule has 12 heteroatoms. The summed E-state index contributed by atoms with van der Waals surface area (Å²) in [7, 11) is -3.61. The molecule has 4 rings (SSSR count). The second kappa shape index (κ2) is 11.1. The molecule has 38 heavy (non-hydrogen) atoms. The summed E-state index contributed by atoms with van der Waals surface area (Å²) in [6.07, 6.45) is 2.45. The van der Waals surface area contributed by atoms with Crippen LogP contribution in [0.3, 0.4) is 0 Å². The molecule has 0 spiro atoms. The van der Waals surface area contributed by atoms with E-state index in [1.54, 1.807) is 12.1 Å². The van der Waals surface area contributed by atoms with Crippen LogP contribution in [0, 0.1) is 24.2 Å². The zero-order valence-corrected chi connectivity index (χ0v) is 22.8. The van der Waals surface area contributed by atoms with Gasteiger partial charge < -0.3 is 5.32 Å². The molecule has 0 unspecified atom stereocenters. The molecule has 0 radical (unpaired) electrons. The molecule has 0 aliphatic carbocycles. The minimum absolute atomic E-state index is 0.0410. The van der Waals surface area contributed by atoms with E-state index in [1.165, 1.54) is 24.5 Å². The Morgan fingerprint density at radius 3 is 2.58 bits per heavy atom. The number of hydrogen-bond acceptors (Lipinski definition) is 7. The van der Waals surface area contributed by atoms with E-state index in [4.69, 9.17) is 18.2 Å². The predicted octanol–water partition coefficient (Wildman–Crippen LogP) is 4.16. The Bertz CT molecular complexity index is 1570. The van der Waals surface area contributed by atoms with Crippen LogP contribution in [0.5, 0.6) is 0 Å². The molecule has 2 heterocycles. The van der Waals surface area contributed by atoms with E-state index >= 15 is 0 Å². The van der Waals surface area contributed by atoms with Crippen LogP contribution >= 0.6 is 11.6 Å². The fourth-order valence-electron chi connectivity index (χ4n) is 4.15. The van der Waals surface area contributed by atoms with Crippen molar-refractivity contribution in [1.29, 1.82) is 0 Å². The van der Waals surface area contributed by atoms with E-state index in [1.807, 2.05) is 13.8 Å². The standard InChI is InChI=1S/C26H27ClFN7O2S/c1-26(2,35-11-9-34(10-12-35)17-29-3)8-7-18-13-24-20(15-23(18)33-38(4,36)37)25(31-16-30-24)32-19-5-6-22(28)21(27)14-19/h5-6,13-16,33H,9-12,17H2,1-2,4H3,(H,30,31,32). The number of aromatic nitrogens is 2. The van der Waals surface area contributed by atoms with Crippen LogP contribution in [0.1, 0.15) is 19.4 Å². The van der Waals surface area contributed by atoms with Gasteiger partial charge in [-0.1, -0.05) is 23.4 Å². The van der Waals surface area contributed by atoms with Crippen molar-refractivity contribution in [2.75, 3.05) is 49.1 Å². The molecule has 9 nitrogen and oxygen atoms in total. The number of piperazine rings is 1. The first-order chi connectivity index (χ1) is 17.9. The minimum atomic E-state index is -3.61. The van der Waals surface area contributed by atoms with Gasteiger partial charge in [0.15, 0.2) is 0 Å². The normalized spacial score (nSPS) is 14.9. The number of nitrogens with one attached hydrogen (secondary N) is 2. The van der Waals surface area contributed by atoms with Crippen molar-refractivity contribution >= 4 is 49.7 Å². The fraction of sp³-hybridized carbons (Fsp3) is 0.346. The third-order valence-corrected chi connectivity index (χ3v) is 7.07. The third kappa shape index (κ3) is 6.69. The summed E-state index contributed by atoms with van der Waals surface area (Å²) >= 11 is 5.91. The van der Waals surface area contributed by atoms with Crippen molar-refractivity contribution in [3.05, 3.63) is 64.5 Å².